The molecule has 0 spiro atoms. The van der Waals surface area contributed by atoms with Crippen LogP contribution in [0.15, 0.2) is 16.5 Å². The molecule has 1 amide bonds. The van der Waals surface area contributed by atoms with Crippen molar-refractivity contribution in [2.24, 2.45) is 5.92 Å². The van der Waals surface area contributed by atoms with E-state index in [9.17, 15) is 4.79 Å². The van der Waals surface area contributed by atoms with Crippen molar-refractivity contribution >= 4 is 5.91 Å². The number of nitrogens with zero attached hydrogens (tertiary/aromatic N) is 1. The summed E-state index contributed by atoms with van der Waals surface area (Å²) in [4.78, 5) is 13.8. The first-order valence-electron chi connectivity index (χ1n) is 6.99. The predicted octanol–water partition coefficient (Wildman–Crippen LogP) is 2.96. The fourth-order valence-corrected chi connectivity index (χ4v) is 2.52. The van der Waals surface area contributed by atoms with Crippen LogP contribution < -0.4 is 0 Å². The van der Waals surface area contributed by atoms with Crippen LogP contribution in [0.2, 0.25) is 0 Å². The summed E-state index contributed by atoms with van der Waals surface area (Å²) in [6, 6.07) is 4.63. The van der Waals surface area contributed by atoms with E-state index >= 15 is 0 Å². The van der Waals surface area contributed by atoms with Crippen molar-refractivity contribution in [1.29, 1.82) is 0 Å². The monoisotopic (exact) mass is 247 g/mol. The van der Waals surface area contributed by atoms with Gasteiger partial charge in [-0.3, -0.25) is 4.79 Å². The molecule has 0 aromatic carbocycles. The van der Waals surface area contributed by atoms with Crippen molar-refractivity contribution in [2.75, 3.05) is 7.05 Å². The summed E-state index contributed by atoms with van der Waals surface area (Å²) < 4.78 is 5.81. The highest BCUT2D eigenvalue weighted by molar-refractivity contribution is 5.76. The third-order valence-electron chi connectivity index (χ3n) is 4.23. The van der Waals surface area contributed by atoms with Crippen LogP contribution in [0.5, 0.6) is 0 Å². The van der Waals surface area contributed by atoms with E-state index in [4.69, 9.17) is 4.42 Å². The van der Waals surface area contributed by atoms with E-state index in [2.05, 4.69) is 13.0 Å². The second-order valence-electron chi connectivity index (χ2n) is 5.86. The number of furan rings is 1. The average Bonchev–Trinajstić information content (AvgIpc) is 3.27. The molecule has 1 heterocycles. The first-order valence-corrected chi connectivity index (χ1v) is 6.99. The molecular weight excluding hydrogens is 226 g/mol. The highest BCUT2D eigenvalue weighted by atomic mass is 16.3. The lowest BCUT2D eigenvalue weighted by Gasteiger charge is -2.15. The Morgan fingerprint density at radius 2 is 2.17 bits per heavy atom. The fourth-order valence-electron chi connectivity index (χ4n) is 2.52. The lowest BCUT2D eigenvalue weighted by molar-refractivity contribution is -0.130. The van der Waals surface area contributed by atoms with Crippen molar-refractivity contribution in [2.45, 2.75) is 51.0 Å². The Hall–Kier alpha value is -1.25. The first-order chi connectivity index (χ1) is 8.65. The molecule has 2 saturated carbocycles. The van der Waals surface area contributed by atoms with E-state index in [1.165, 1.54) is 19.3 Å². The molecule has 3 heteroatoms. The minimum atomic E-state index is 0.246. The van der Waals surface area contributed by atoms with Gasteiger partial charge < -0.3 is 9.32 Å². The summed E-state index contributed by atoms with van der Waals surface area (Å²) >= 11 is 0. The molecular formula is C15H21NO2. The topological polar surface area (TPSA) is 33.5 Å². The van der Waals surface area contributed by atoms with Gasteiger partial charge in [-0.15, -0.1) is 0 Å². The molecule has 2 unspecified atom stereocenters. The maximum Gasteiger partial charge on any atom is 0.223 e. The second-order valence-corrected chi connectivity index (χ2v) is 5.86. The third kappa shape index (κ3) is 2.45. The van der Waals surface area contributed by atoms with Crippen LogP contribution >= 0.6 is 0 Å². The number of aryl methyl sites for hydroxylation is 1. The zero-order chi connectivity index (χ0) is 12.7. The maximum absolute atomic E-state index is 11.9. The van der Waals surface area contributed by atoms with Crippen molar-refractivity contribution in [3.63, 3.8) is 0 Å². The molecule has 2 fully saturated rings. The van der Waals surface area contributed by atoms with Crippen LogP contribution in [0, 0.1) is 5.92 Å². The molecule has 3 nitrogen and oxygen atoms in total. The molecule has 0 aliphatic heterocycles. The minimum Gasteiger partial charge on any atom is -0.466 e. The zero-order valence-corrected chi connectivity index (χ0v) is 11.2. The summed E-state index contributed by atoms with van der Waals surface area (Å²) in [5.41, 5.74) is 0. The molecule has 0 bridgehead atoms. The summed E-state index contributed by atoms with van der Waals surface area (Å²) in [6.07, 6.45) is 4.90. The van der Waals surface area contributed by atoms with E-state index in [-0.39, 0.29) is 5.91 Å². The zero-order valence-electron chi connectivity index (χ0n) is 11.2. The Labute approximate surface area is 108 Å². The van der Waals surface area contributed by atoms with Crippen molar-refractivity contribution in [3.8, 4) is 0 Å². The highest BCUT2D eigenvalue weighted by Gasteiger charge is 2.36. The molecule has 2 aliphatic carbocycles. The molecule has 1 aromatic heterocycles. The molecule has 0 N–H and O–H groups in total. The van der Waals surface area contributed by atoms with Gasteiger partial charge in [-0.1, -0.05) is 6.92 Å². The van der Waals surface area contributed by atoms with Gasteiger partial charge in [-0.2, -0.15) is 0 Å². The molecule has 98 valence electrons. The van der Waals surface area contributed by atoms with Crippen LogP contribution in [0.4, 0.5) is 0 Å². The largest absolute Gasteiger partial charge is 0.466 e. The van der Waals surface area contributed by atoms with Gasteiger partial charge in [0, 0.05) is 31.8 Å². The Morgan fingerprint density at radius 1 is 1.44 bits per heavy atom. The van der Waals surface area contributed by atoms with Crippen LogP contribution in [0.3, 0.4) is 0 Å². The number of amides is 1. The van der Waals surface area contributed by atoms with Gasteiger partial charge >= 0.3 is 0 Å². The number of carbonyl (C=O) groups excluding carboxylic acids is 1. The maximum atomic E-state index is 11.9. The molecule has 18 heavy (non-hydrogen) atoms. The van der Waals surface area contributed by atoms with Crippen LogP contribution in [0.25, 0.3) is 0 Å². The molecule has 2 atom stereocenters. The van der Waals surface area contributed by atoms with Gasteiger partial charge in [0.1, 0.15) is 11.5 Å². The molecule has 1 aromatic rings. The van der Waals surface area contributed by atoms with E-state index in [1.807, 2.05) is 18.0 Å². The molecule has 3 rings (SSSR count). The van der Waals surface area contributed by atoms with Crippen molar-refractivity contribution in [1.82, 2.24) is 4.90 Å². The van der Waals surface area contributed by atoms with E-state index in [1.54, 1.807) is 0 Å². The normalized spacial score (nSPS) is 26.1. The SMILES string of the molecule is CC1CC1c1ccc(CCC(=O)N(C)C2CC2)o1. The summed E-state index contributed by atoms with van der Waals surface area (Å²) in [7, 11) is 1.92. The van der Waals surface area contributed by atoms with Crippen molar-refractivity contribution in [3.05, 3.63) is 23.7 Å². The minimum absolute atomic E-state index is 0.246. The Balaban J connectivity index is 1.50. The molecule has 2 aliphatic rings. The van der Waals surface area contributed by atoms with Gasteiger partial charge in [0.25, 0.3) is 0 Å². The first kappa shape index (κ1) is 11.8. The number of carbonyl (C=O) groups is 1. The van der Waals surface area contributed by atoms with E-state index < -0.39 is 0 Å². The quantitative estimate of drug-likeness (QED) is 0.801. The Kier molecular flexibility index (Phi) is 2.92. The van der Waals surface area contributed by atoms with Crippen LogP contribution in [0.1, 0.15) is 50.0 Å². The molecule has 0 saturated heterocycles. The smallest absolute Gasteiger partial charge is 0.223 e. The van der Waals surface area contributed by atoms with Gasteiger partial charge in [-0.25, -0.2) is 0 Å². The highest BCUT2D eigenvalue weighted by Crippen LogP contribution is 2.47. The van der Waals surface area contributed by atoms with Gasteiger partial charge in [0.2, 0.25) is 5.91 Å². The predicted molar refractivity (Wildman–Crippen MR) is 69.3 cm³/mol. The summed E-state index contributed by atoms with van der Waals surface area (Å²) in [5, 5.41) is 0. The second kappa shape index (κ2) is 4.45. The van der Waals surface area contributed by atoms with Gasteiger partial charge in [-0.05, 0) is 37.3 Å². The number of hydrogen-bond donors (Lipinski definition) is 0. The van der Waals surface area contributed by atoms with E-state index in [0.29, 0.717) is 18.4 Å². The third-order valence-corrected chi connectivity index (χ3v) is 4.23. The number of hydrogen-bond acceptors (Lipinski definition) is 2. The fraction of sp³-hybridized carbons (Fsp3) is 0.667. The number of rotatable bonds is 5. The van der Waals surface area contributed by atoms with Gasteiger partial charge in [0.05, 0.1) is 0 Å². The standard InChI is InChI=1S/C15H21NO2/c1-10-9-13(10)14-7-5-12(18-14)6-8-15(17)16(2)11-3-4-11/h5,7,10-11,13H,3-4,6,8-9H2,1-2H3. The Morgan fingerprint density at radius 3 is 2.78 bits per heavy atom. The van der Waals surface area contributed by atoms with Crippen LogP contribution in [-0.4, -0.2) is 23.9 Å². The lowest BCUT2D eigenvalue weighted by atomic mass is 10.2. The van der Waals surface area contributed by atoms with Crippen molar-refractivity contribution < 1.29 is 9.21 Å². The van der Waals surface area contributed by atoms with Crippen LogP contribution in [-0.2, 0) is 11.2 Å². The van der Waals surface area contributed by atoms with E-state index in [0.717, 1.165) is 23.9 Å². The lowest BCUT2D eigenvalue weighted by Crippen LogP contribution is -2.28. The summed E-state index contributed by atoms with van der Waals surface area (Å²) in [5.74, 6) is 3.72. The van der Waals surface area contributed by atoms with Gasteiger partial charge in [0.15, 0.2) is 0 Å². The molecule has 0 radical (unpaired) electrons. The Bertz CT molecular complexity index is 447. The summed E-state index contributed by atoms with van der Waals surface area (Å²) in [6.45, 7) is 2.25. The average molecular weight is 247 g/mol.